The van der Waals surface area contributed by atoms with Crippen LogP contribution in [0.15, 0.2) is 48.8 Å². The maximum atomic E-state index is 13.1. The molecule has 186 valence electrons. The summed E-state index contributed by atoms with van der Waals surface area (Å²) in [6, 6.07) is 9.64. The summed E-state index contributed by atoms with van der Waals surface area (Å²) >= 11 is 0. The average Bonchev–Trinajstić information content (AvgIpc) is 3.50. The lowest BCUT2D eigenvalue weighted by Crippen LogP contribution is -2.38. The van der Waals surface area contributed by atoms with Crippen LogP contribution in [0.4, 0.5) is 24.7 Å². The molecule has 36 heavy (non-hydrogen) atoms. The van der Waals surface area contributed by atoms with E-state index in [-0.39, 0.29) is 23.3 Å². The molecule has 4 heterocycles. The van der Waals surface area contributed by atoms with Gasteiger partial charge in [-0.2, -0.15) is 17.7 Å². The van der Waals surface area contributed by atoms with Crippen molar-refractivity contribution in [3.8, 4) is 0 Å². The summed E-state index contributed by atoms with van der Waals surface area (Å²) in [5, 5.41) is 13.7. The first-order chi connectivity index (χ1) is 17.2. The fourth-order valence-corrected chi connectivity index (χ4v) is 4.16. The number of aryl methyl sites for hydroxylation is 1. The molecule has 10 nitrogen and oxygen atoms in total. The van der Waals surface area contributed by atoms with Gasteiger partial charge in [0.1, 0.15) is 5.82 Å². The maximum Gasteiger partial charge on any atom is 0.453 e. The molecule has 0 unspecified atom stereocenters. The summed E-state index contributed by atoms with van der Waals surface area (Å²) in [5.41, 5.74) is 1.04. The van der Waals surface area contributed by atoms with Gasteiger partial charge < -0.3 is 14.8 Å². The molecule has 1 aliphatic heterocycles. The van der Waals surface area contributed by atoms with Gasteiger partial charge in [0.2, 0.25) is 11.7 Å². The molecule has 0 atom stereocenters. The molecule has 13 heteroatoms. The van der Waals surface area contributed by atoms with Gasteiger partial charge in [0.25, 0.3) is 5.82 Å². The summed E-state index contributed by atoms with van der Waals surface area (Å²) in [6.07, 6.45) is -0.405. The molecular formula is C23H21F3N8O2. The predicted octanol–water partition coefficient (Wildman–Crippen LogP) is 2.96. The topological polar surface area (TPSA) is 110 Å². The zero-order valence-electron chi connectivity index (χ0n) is 19.1. The number of imidazole rings is 1. The Bertz CT molecular complexity index is 1420. The molecule has 1 aliphatic rings. The van der Waals surface area contributed by atoms with E-state index in [0.717, 1.165) is 0 Å². The number of alkyl halides is 3. The Morgan fingerprint density at radius 2 is 1.75 bits per heavy atom. The number of amides is 1. The highest BCUT2D eigenvalue weighted by molar-refractivity contribution is 6.07. The first-order valence-electron chi connectivity index (χ1n) is 11.2. The van der Waals surface area contributed by atoms with Gasteiger partial charge in [-0.05, 0) is 49.2 Å². The van der Waals surface area contributed by atoms with Crippen molar-refractivity contribution in [1.82, 2.24) is 29.4 Å². The van der Waals surface area contributed by atoms with Gasteiger partial charge in [0.15, 0.2) is 11.5 Å². The molecule has 4 aromatic rings. The minimum absolute atomic E-state index is 0.00738. The lowest BCUT2D eigenvalue weighted by Gasteiger charge is -2.32. The fraction of sp³-hybridized carbons (Fsp3) is 0.304. The Labute approximate surface area is 202 Å². The number of nitrogens with zero attached hydrogens (tertiary/aromatic N) is 7. The van der Waals surface area contributed by atoms with E-state index in [1.54, 1.807) is 54.3 Å². The number of aromatic nitrogens is 6. The van der Waals surface area contributed by atoms with Crippen LogP contribution in [0.3, 0.4) is 0 Å². The van der Waals surface area contributed by atoms with Crippen LogP contribution >= 0.6 is 0 Å². The third kappa shape index (κ3) is 4.51. The van der Waals surface area contributed by atoms with Crippen LogP contribution < -0.4 is 10.2 Å². The maximum absolute atomic E-state index is 13.1. The first kappa shape index (κ1) is 23.5. The molecule has 1 fully saturated rings. The Morgan fingerprint density at radius 1 is 1.03 bits per heavy atom. The number of carbonyl (C=O) groups excluding carboxylic acids is 2. The van der Waals surface area contributed by atoms with E-state index >= 15 is 0 Å². The summed E-state index contributed by atoms with van der Waals surface area (Å²) in [5.74, 6) is -1.13. The molecule has 1 aromatic carbocycles. The second-order valence-corrected chi connectivity index (χ2v) is 8.50. The fourth-order valence-electron chi connectivity index (χ4n) is 4.16. The van der Waals surface area contributed by atoms with Crippen molar-refractivity contribution in [3.63, 3.8) is 0 Å². The molecule has 5 rings (SSSR count). The number of piperidine rings is 1. The van der Waals surface area contributed by atoms with Crippen molar-refractivity contribution < 1.29 is 22.8 Å². The van der Waals surface area contributed by atoms with Gasteiger partial charge in [-0.15, -0.1) is 15.3 Å². The number of ketones is 1. The smallest absolute Gasteiger partial charge is 0.355 e. The van der Waals surface area contributed by atoms with Crippen LogP contribution in [-0.4, -0.2) is 54.1 Å². The molecular weight excluding hydrogens is 477 g/mol. The number of nitrogens with one attached hydrogen (secondary N) is 1. The third-order valence-electron chi connectivity index (χ3n) is 6.13. The number of rotatable bonds is 5. The minimum atomic E-state index is -4.67. The molecule has 0 saturated carbocycles. The number of anilines is 2. The number of carbonyl (C=O) groups is 2. The lowest BCUT2D eigenvalue weighted by atomic mass is 9.95. The second kappa shape index (κ2) is 9.06. The molecule has 3 aromatic heterocycles. The molecule has 1 N–H and O–H groups in total. The van der Waals surface area contributed by atoms with Gasteiger partial charge in [-0.3, -0.25) is 9.59 Å². The van der Waals surface area contributed by atoms with E-state index < -0.39 is 12.0 Å². The summed E-state index contributed by atoms with van der Waals surface area (Å²) in [6.45, 7) is 0.911. The largest absolute Gasteiger partial charge is 0.453 e. The minimum Gasteiger partial charge on any atom is -0.355 e. The Hall–Kier alpha value is -4.29. The van der Waals surface area contributed by atoms with E-state index in [1.165, 1.54) is 6.07 Å². The van der Waals surface area contributed by atoms with Crippen molar-refractivity contribution in [1.29, 1.82) is 0 Å². The van der Waals surface area contributed by atoms with Crippen LogP contribution in [0.5, 0.6) is 0 Å². The highest BCUT2D eigenvalue weighted by Gasteiger charge is 2.38. The van der Waals surface area contributed by atoms with Gasteiger partial charge in [-0.25, -0.2) is 4.98 Å². The number of benzene rings is 1. The SMILES string of the molecule is Cn1ccnc1C(=O)c1ccc(NC(=O)C2CCN(c3ccc4nnc(C(F)(F)F)n4n3)CC2)cc1. The zero-order valence-corrected chi connectivity index (χ0v) is 19.1. The van der Waals surface area contributed by atoms with E-state index in [4.69, 9.17) is 0 Å². The van der Waals surface area contributed by atoms with Crippen LogP contribution in [0, 0.1) is 5.92 Å². The van der Waals surface area contributed by atoms with Crippen molar-refractivity contribution in [2.24, 2.45) is 13.0 Å². The van der Waals surface area contributed by atoms with E-state index in [1.807, 2.05) is 4.90 Å². The van der Waals surface area contributed by atoms with Crippen molar-refractivity contribution in [2.75, 3.05) is 23.3 Å². The molecule has 1 saturated heterocycles. The molecule has 0 radical (unpaired) electrons. The second-order valence-electron chi connectivity index (χ2n) is 8.50. The molecule has 0 bridgehead atoms. The highest BCUT2D eigenvalue weighted by Crippen LogP contribution is 2.29. The van der Waals surface area contributed by atoms with Gasteiger partial charge in [0, 0.05) is 49.7 Å². The van der Waals surface area contributed by atoms with E-state index in [0.29, 0.717) is 53.3 Å². The summed E-state index contributed by atoms with van der Waals surface area (Å²) in [7, 11) is 1.74. The number of halogens is 3. The average molecular weight is 498 g/mol. The molecule has 0 aliphatic carbocycles. The molecule has 0 spiro atoms. The van der Waals surface area contributed by atoms with Gasteiger partial charge >= 0.3 is 6.18 Å². The zero-order chi connectivity index (χ0) is 25.4. The van der Waals surface area contributed by atoms with Crippen molar-refractivity contribution >= 4 is 28.8 Å². The van der Waals surface area contributed by atoms with Crippen LogP contribution in [0.1, 0.15) is 34.8 Å². The Morgan fingerprint density at radius 3 is 2.39 bits per heavy atom. The van der Waals surface area contributed by atoms with Crippen molar-refractivity contribution in [3.05, 3.63) is 66.0 Å². The molecule has 1 amide bonds. The third-order valence-corrected chi connectivity index (χ3v) is 6.13. The number of fused-ring (bicyclic) bond motifs is 1. The lowest BCUT2D eigenvalue weighted by molar-refractivity contribution is -0.146. The highest BCUT2D eigenvalue weighted by atomic mass is 19.4. The number of hydrogen-bond acceptors (Lipinski definition) is 7. The van der Waals surface area contributed by atoms with E-state index in [2.05, 4.69) is 25.6 Å². The van der Waals surface area contributed by atoms with Gasteiger partial charge in [0.05, 0.1) is 0 Å². The normalized spacial score (nSPS) is 14.8. The van der Waals surface area contributed by atoms with E-state index in [9.17, 15) is 22.8 Å². The first-order valence-corrected chi connectivity index (χ1v) is 11.2. The van der Waals surface area contributed by atoms with Crippen LogP contribution in [-0.2, 0) is 18.0 Å². The summed E-state index contributed by atoms with van der Waals surface area (Å²) < 4.78 is 41.8. The Balaban J connectivity index is 1.20. The van der Waals surface area contributed by atoms with Gasteiger partial charge in [-0.1, -0.05) is 0 Å². The standard InChI is InChI=1S/C23H21F3N8O2/c1-32-13-10-27-20(32)19(35)14-2-4-16(5-3-14)28-21(36)15-8-11-33(12-9-15)18-7-6-17-29-30-22(23(24,25)26)34(17)31-18/h2-7,10,13,15H,8-9,11-12H2,1H3,(H,28,36). The number of hydrogen-bond donors (Lipinski definition) is 1. The Kier molecular flexibility index (Phi) is 5.90. The van der Waals surface area contributed by atoms with Crippen LogP contribution in [0.2, 0.25) is 0 Å². The quantitative estimate of drug-likeness (QED) is 0.421. The summed E-state index contributed by atoms with van der Waals surface area (Å²) in [4.78, 5) is 31.2. The predicted molar refractivity (Wildman–Crippen MR) is 122 cm³/mol. The van der Waals surface area contributed by atoms with Crippen LogP contribution in [0.25, 0.3) is 5.65 Å². The monoisotopic (exact) mass is 498 g/mol. The van der Waals surface area contributed by atoms with Crippen molar-refractivity contribution in [2.45, 2.75) is 19.0 Å².